The van der Waals surface area contributed by atoms with Crippen LogP contribution in [-0.4, -0.2) is 4.98 Å². The minimum absolute atomic E-state index is 0.529. The molecule has 0 fully saturated rings. The van der Waals surface area contributed by atoms with Crippen molar-refractivity contribution in [2.45, 2.75) is 12.8 Å². The second kappa shape index (κ2) is 4.45. The Morgan fingerprint density at radius 3 is 2.53 bits per heavy atom. The molecule has 1 heterocycles. The molecule has 0 bridgehead atoms. The van der Waals surface area contributed by atoms with E-state index in [0.717, 1.165) is 16.8 Å². The molecule has 0 spiro atoms. The SMILES string of the molecule is Cc1ccc(-c2cc(CCl)ccn2)cc1. The number of nitrogens with zero attached hydrogens (tertiary/aromatic N) is 1. The normalized spacial score (nSPS) is 10.3. The summed E-state index contributed by atoms with van der Waals surface area (Å²) in [6.45, 7) is 2.08. The predicted octanol–water partition coefficient (Wildman–Crippen LogP) is 3.80. The van der Waals surface area contributed by atoms with Crippen molar-refractivity contribution >= 4 is 11.6 Å². The van der Waals surface area contributed by atoms with E-state index in [1.807, 2.05) is 12.1 Å². The summed E-state index contributed by atoms with van der Waals surface area (Å²) in [5, 5.41) is 0. The Bertz CT molecular complexity index is 448. The van der Waals surface area contributed by atoms with Gasteiger partial charge >= 0.3 is 0 Å². The highest BCUT2D eigenvalue weighted by Gasteiger charge is 1.99. The zero-order valence-corrected chi connectivity index (χ0v) is 9.33. The molecule has 2 aromatic rings. The molecule has 0 amide bonds. The Kier molecular flexibility index (Phi) is 3.02. The van der Waals surface area contributed by atoms with Crippen molar-refractivity contribution in [3.05, 3.63) is 53.7 Å². The topological polar surface area (TPSA) is 12.9 Å². The van der Waals surface area contributed by atoms with Crippen LogP contribution in [0.2, 0.25) is 0 Å². The maximum Gasteiger partial charge on any atom is 0.0705 e. The average Bonchev–Trinajstić information content (AvgIpc) is 2.30. The summed E-state index contributed by atoms with van der Waals surface area (Å²) in [7, 11) is 0. The van der Waals surface area contributed by atoms with E-state index < -0.39 is 0 Å². The number of alkyl halides is 1. The van der Waals surface area contributed by atoms with Crippen LogP contribution in [0.15, 0.2) is 42.6 Å². The van der Waals surface area contributed by atoms with E-state index in [4.69, 9.17) is 11.6 Å². The molecule has 76 valence electrons. The van der Waals surface area contributed by atoms with Crippen LogP contribution in [0.5, 0.6) is 0 Å². The average molecular weight is 218 g/mol. The standard InChI is InChI=1S/C13H12ClN/c1-10-2-4-12(5-3-10)13-8-11(9-14)6-7-15-13/h2-8H,9H2,1H3. The molecule has 0 radical (unpaired) electrons. The van der Waals surface area contributed by atoms with E-state index >= 15 is 0 Å². The molecule has 2 rings (SSSR count). The molecule has 0 unspecified atom stereocenters. The molecule has 15 heavy (non-hydrogen) atoms. The molecule has 1 nitrogen and oxygen atoms in total. The van der Waals surface area contributed by atoms with Gasteiger partial charge in [-0.15, -0.1) is 11.6 Å². The van der Waals surface area contributed by atoms with Crippen LogP contribution in [0.3, 0.4) is 0 Å². The summed E-state index contributed by atoms with van der Waals surface area (Å²) in [5.74, 6) is 0.529. The first-order chi connectivity index (χ1) is 7.29. The second-order valence-electron chi connectivity index (χ2n) is 3.55. The van der Waals surface area contributed by atoms with Gasteiger partial charge in [0.25, 0.3) is 0 Å². The lowest BCUT2D eigenvalue weighted by atomic mass is 10.1. The number of hydrogen-bond donors (Lipinski definition) is 0. The minimum atomic E-state index is 0.529. The molecule has 0 aliphatic rings. The van der Waals surface area contributed by atoms with E-state index in [1.165, 1.54) is 5.56 Å². The Hall–Kier alpha value is -1.34. The number of halogens is 1. The maximum atomic E-state index is 5.78. The first-order valence-electron chi connectivity index (χ1n) is 4.87. The van der Waals surface area contributed by atoms with Gasteiger partial charge in [-0.1, -0.05) is 29.8 Å². The smallest absolute Gasteiger partial charge is 0.0705 e. The summed E-state index contributed by atoms with van der Waals surface area (Å²) < 4.78 is 0. The lowest BCUT2D eigenvalue weighted by Crippen LogP contribution is -1.86. The van der Waals surface area contributed by atoms with Crippen LogP contribution in [0, 0.1) is 6.92 Å². The maximum absolute atomic E-state index is 5.78. The van der Waals surface area contributed by atoms with E-state index in [1.54, 1.807) is 6.20 Å². The van der Waals surface area contributed by atoms with Crippen molar-refractivity contribution in [1.29, 1.82) is 0 Å². The molecular formula is C13H12ClN. The number of aryl methyl sites for hydroxylation is 1. The quantitative estimate of drug-likeness (QED) is 0.698. The minimum Gasteiger partial charge on any atom is -0.256 e. The summed E-state index contributed by atoms with van der Waals surface area (Å²) >= 11 is 5.78. The molecule has 0 saturated carbocycles. The fourth-order valence-electron chi connectivity index (χ4n) is 1.44. The summed E-state index contributed by atoms with van der Waals surface area (Å²) in [5.41, 5.74) is 4.47. The fourth-order valence-corrected chi connectivity index (χ4v) is 1.61. The highest BCUT2D eigenvalue weighted by Crippen LogP contribution is 2.18. The number of pyridine rings is 1. The lowest BCUT2D eigenvalue weighted by Gasteiger charge is -2.02. The van der Waals surface area contributed by atoms with Gasteiger partial charge in [-0.05, 0) is 24.6 Å². The Morgan fingerprint density at radius 2 is 1.87 bits per heavy atom. The van der Waals surface area contributed by atoms with E-state index in [0.29, 0.717) is 5.88 Å². The Morgan fingerprint density at radius 1 is 1.13 bits per heavy atom. The number of hydrogen-bond acceptors (Lipinski definition) is 1. The van der Waals surface area contributed by atoms with Crippen molar-refractivity contribution in [2.24, 2.45) is 0 Å². The first-order valence-corrected chi connectivity index (χ1v) is 5.41. The van der Waals surface area contributed by atoms with Gasteiger partial charge in [0.1, 0.15) is 0 Å². The van der Waals surface area contributed by atoms with Crippen molar-refractivity contribution in [3.63, 3.8) is 0 Å². The number of benzene rings is 1. The number of rotatable bonds is 2. The first kappa shape index (κ1) is 10.2. The zero-order valence-electron chi connectivity index (χ0n) is 8.57. The third-order valence-corrected chi connectivity index (χ3v) is 2.63. The highest BCUT2D eigenvalue weighted by atomic mass is 35.5. The molecular weight excluding hydrogens is 206 g/mol. The molecule has 0 aliphatic carbocycles. The van der Waals surface area contributed by atoms with Gasteiger partial charge < -0.3 is 0 Å². The van der Waals surface area contributed by atoms with Gasteiger partial charge in [0.2, 0.25) is 0 Å². The van der Waals surface area contributed by atoms with Crippen molar-refractivity contribution < 1.29 is 0 Å². The summed E-state index contributed by atoms with van der Waals surface area (Å²) in [4.78, 5) is 4.33. The van der Waals surface area contributed by atoms with Crippen molar-refractivity contribution in [2.75, 3.05) is 0 Å². The third kappa shape index (κ3) is 2.37. The van der Waals surface area contributed by atoms with Crippen LogP contribution < -0.4 is 0 Å². The molecule has 0 N–H and O–H groups in total. The number of aromatic nitrogens is 1. The third-order valence-electron chi connectivity index (χ3n) is 2.33. The zero-order chi connectivity index (χ0) is 10.7. The monoisotopic (exact) mass is 217 g/mol. The van der Waals surface area contributed by atoms with Gasteiger partial charge in [0.05, 0.1) is 5.69 Å². The summed E-state index contributed by atoms with van der Waals surface area (Å²) in [6.07, 6.45) is 1.80. The van der Waals surface area contributed by atoms with Crippen LogP contribution in [0.25, 0.3) is 11.3 Å². The van der Waals surface area contributed by atoms with E-state index in [9.17, 15) is 0 Å². The van der Waals surface area contributed by atoms with E-state index in [2.05, 4.69) is 36.2 Å². The predicted molar refractivity (Wildman–Crippen MR) is 64.0 cm³/mol. The van der Waals surface area contributed by atoms with Crippen LogP contribution in [0.4, 0.5) is 0 Å². The highest BCUT2D eigenvalue weighted by molar-refractivity contribution is 6.17. The van der Waals surface area contributed by atoms with Gasteiger partial charge in [0, 0.05) is 17.6 Å². The van der Waals surface area contributed by atoms with Crippen LogP contribution in [0.1, 0.15) is 11.1 Å². The Labute approximate surface area is 94.7 Å². The molecule has 0 atom stereocenters. The van der Waals surface area contributed by atoms with Gasteiger partial charge in [-0.25, -0.2) is 0 Å². The molecule has 1 aromatic heterocycles. The molecule has 0 aliphatic heterocycles. The lowest BCUT2D eigenvalue weighted by molar-refractivity contribution is 1.27. The van der Waals surface area contributed by atoms with Gasteiger partial charge in [-0.3, -0.25) is 4.98 Å². The van der Waals surface area contributed by atoms with Crippen molar-refractivity contribution in [3.8, 4) is 11.3 Å². The largest absolute Gasteiger partial charge is 0.256 e. The van der Waals surface area contributed by atoms with Crippen LogP contribution in [-0.2, 0) is 5.88 Å². The molecule has 2 heteroatoms. The van der Waals surface area contributed by atoms with Crippen molar-refractivity contribution in [1.82, 2.24) is 4.98 Å². The van der Waals surface area contributed by atoms with Crippen LogP contribution >= 0.6 is 11.6 Å². The summed E-state index contributed by atoms with van der Waals surface area (Å²) in [6, 6.07) is 12.3. The van der Waals surface area contributed by atoms with E-state index in [-0.39, 0.29) is 0 Å². The molecule has 1 aromatic carbocycles. The fraction of sp³-hybridized carbons (Fsp3) is 0.154. The molecule has 0 saturated heterocycles. The van der Waals surface area contributed by atoms with Gasteiger partial charge in [-0.2, -0.15) is 0 Å². The second-order valence-corrected chi connectivity index (χ2v) is 3.82. The Balaban J connectivity index is 2.40. The van der Waals surface area contributed by atoms with Gasteiger partial charge in [0.15, 0.2) is 0 Å².